The van der Waals surface area contributed by atoms with Gasteiger partial charge in [0.2, 0.25) is 5.91 Å². The fourth-order valence-electron chi connectivity index (χ4n) is 2.39. The van der Waals surface area contributed by atoms with Gasteiger partial charge in [0.25, 0.3) is 0 Å². The SMILES string of the molecule is CC[C@H](C)[C@@H](NCC(N)CS)C(=O)NCCCc1ccccc1. The average Bonchev–Trinajstić information content (AvgIpc) is 2.59. The van der Waals surface area contributed by atoms with Crippen molar-refractivity contribution in [2.45, 2.75) is 45.2 Å². The van der Waals surface area contributed by atoms with E-state index < -0.39 is 0 Å². The summed E-state index contributed by atoms with van der Waals surface area (Å²) in [4.78, 5) is 12.4. The van der Waals surface area contributed by atoms with Crippen LogP contribution >= 0.6 is 12.6 Å². The highest BCUT2D eigenvalue weighted by Gasteiger charge is 2.23. The van der Waals surface area contributed by atoms with Gasteiger partial charge in [-0.15, -0.1) is 0 Å². The Balaban J connectivity index is 2.37. The molecule has 0 aliphatic heterocycles. The van der Waals surface area contributed by atoms with Gasteiger partial charge in [0.05, 0.1) is 6.04 Å². The van der Waals surface area contributed by atoms with Crippen molar-refractivity contribution in [2.75, 3.05) is 18.8 Å². The van der Waals surface area contributed by atoms with E-state index in [2.05, 4.69) is 49.2 Å². The fraction of sp³-hybridized carbons (Fsp3) is 0.611. The van der Waals surface area contributed by atoms with Gasteiger partial charge in [-0.05, 0) is 24.3 Å². The van der Waals surface area contributed by atoms with Crippen molar-refractivity contribution in [3.63, 3.8) is 0 Å². The van der Waals surface area contributed by atoms with E-state index in [-0.39, 0.29) is 23.9 Å². The average molecular weight is 338 g/mol. The Kier molecular flexibility index (Phi) is 9.99. The van der Waals surface area contributed by atoms with Crippen LogP contribution in [0.5, 0.6) is 0 Å². The third-order valence-electron chi connectivity index (χ3n) is 4.11. The zero-order valence-corrected chi connectivity index (χ0v) is 15.2. The van der Waals surface area contributed by atoms with Gasteiger partial charge >= 0.3 is 0 Å². The number of rotatable bonds is 11. The van der Waals surface area contributed by atoms with E-state index in [9.17, 15) is 4.79 Å². The van der Waals surface area contributed by atoms with E-state index in [1.165, 1.54) is 5.56 Å². The number of hydrogen-bond donors (Lipinski definition) is 4. The van der Waals surface area contributed by atoms with E-state index in [0.29, 0.717) is 18.8 Å². The van der Waals surface area contributed by atoms with E-state index in [1.807, 2.05) is 18.2 Å². The van der Waals surface area contributed by atoms with Crippen LogP contribution in [0.4, 0.5) is 0 Å². The second-order valence-corrected chi connectivity index (χ2v) is 6.46. The van der Waals surface area contributed by atoms with Gasteiger partial charge in [0, 0.05) is 24.9 Å². The van der Waals surface area contributed by atoms with Crippen LogP contribution in [0.15, 0.2) is 30.3 Å². The predicted octanol–water partition coefficient (Wildman–Crippen LogP) is 2.00. The molecule has 0 radical (unpaired) electrons. The van der Waals surface area contributed by atoms with Crippen LogP contribution in [0.25, 0.3) is 0 Å². The van der Waals surface area contributed by atoms with Crippen molar-refractivity contribution in [2.24, 2.45) is 11.7 Å². The Labute approximate surface area is 146 Å². The molecule has 1 aromatic rings. The Morgan fingerprint density at radius 3 is 2.61 bits per heavy atom. The number of amides is 1. The number of benzene rings is 1. The largest absolute Gasteiger partial charge is 0.355 e. The van der Waals surface area contributed by atoms with Crippen molar-refractivity contribution in [3.8, 4) is 0 Å². The minimum absolute atomic E-state index is 0.0317. The standard InChI is InChI=1S/C18H31N3OS/c1-3-14(2)17(21-12-16(19)13-23)18(22)20-11-7-10-15-8-5-4-6-9-15/h4-6,8-9,14,16-17,21,23H,3,7,10-13,19H2,1-2H3,(H,20,22)/t14-,16?,17+/m0/s1. The van der Waals surface area contributed by atoms with Crippen LogP contribution in [0, 0.1) is 5.92 Å². The molecule has 1 aromatic carbocycles. The molecule has 0 spiro atoms. The maximum Gasteiger partial charge on any atom is 0.237 e. The predicted molar refractivity (Wildman–Crippen MR) is 101 cm³/mol. The second-order valence-electron chi connectivity index (χ2n) is 6.09. The number of thiol groups is 1. The lowest BCUT2D eigenvalue weighted by atomic mass is 9.98. The minimum atomic E-state index is -0.192. The molecule has 0 saturated heterocycles. The van der Waals surface area contributed by atoms with Crippen LogP contribution < -0.4 is 16.4 Å². The number of nitrogens with one attached hydrogen (secondary N) is 2. The molecule has 1 unspecified atom stereocenters. The van der Waals surface area contributed by atoms with Gasteiger partial charge in [-0.3, -0.25) is 4.79 Å². The van der Waals surface area contributed by atoms with Crippen molar-refractivity contribution < 1.29 is 4.79 Å². The summed E-state index contributed by atoms with van der Waals surface area (Å²) in [7, 11) is 0. The summed E-state index contributed by atoms with van der Waals surface area (Å²) in [6, 6.07) is 10.1. The highest BCUT2D eigenvalue weighted by molar-refractivity contribution is 7.80. The smallest absolute Gasteiger partial charge is 0.237 e. The Hall–Kier alpha value is -1.04. The lowest BCUT2D eigenvalue weighted by Gasteiger charge is -2.25. The lowest BCUT2D eigenvalue weighted by Crippen LogP contribution is -2.51. The molecule has 0 fully saturated rings. The molecular formula is C18H31N3OS. The zero-order chi connectivity index (χ0) is 17.1. The lowest BCUT2D eigenvalue weighted by molar-refractivity contribution is -0.124. The first-order chi connectivity index (χ1) is 11.1. The van der Waals surface area contributed by atoms with Gasteiger partial charge in [-0.25, -0.2) is 0 Å². The van der Waals surface area contributed by atoms with E-state index in [4.69, 9.17) is 5.73 Å². The molecule has 0 heterocycles. The monoisotopic (exact) mass is 337 g/mol. The van der Waals surface area contributed by atoms with Crippen LogP contribution in [0.1, 0.15) is 32.3 Å². The van der Waals surface area contributed by atoms with Gasteiger partial charge in [0.15, 0.2) is 0 Å². The van der Waals surface area contributed by atoms with E-state index in [1.54, 1.807) is 0 Å². The molecule has 1 amide bonds. The number of aryl methyl sites for hydroxylation is 1. The summed E-state index contributed by atoms with van der Waals surface area (Å²) in [5, 5.41) is 6.34. The third kappa shape index (κ3) is 7.86. The van der Waals surface area contributed by atoms with Crippen LogP contribution in [-0.2, 0) is 11.2 Å². The molecule has 3 atom stereocenters. The Morgan fingerprint density at radius 1 is 1.30 bits per heavy atom. The maximum atomic E-state index is 12.4. The second kappa shape index (κ2) is 11.5. The molecule has 0 aliphatic rings. The van der Waals surface area contributed by atoms with E-state index in [0.717, 1.165) is 19.3 Å². The zero-order valence-electron chi connectivity index (χ0n) is 14.3. The van der Waals surface area contributed by atoms with Crippen LogP contribution in [0.3, 0.4) is 0 Å². The number of carbonyl (C=O) groups excluding carboxylic acids is 1. The summed E-state index contributed by atoms with van der Waals surface area (Å²) in [5.41, 5.74) is 7.18. The molecule has 4 nitrogen and oxygen atoms in total. The van der Waals surface area contributed by atoms with Crippen molar-refractivity contribution >= 4 is 18.5 Å². The summed E-state index contributed by atoms with van der Waals surface area (Å²) in [5.74, 6) is 0.953. The Morgan fingerprint density at radius 2 is 2.00 bits per heavy atom. The molecule has 4 N–H and O–H groups in total. The third-order valence-corrected chi connectivity index (χ3v) is 4.58. The number of nitrogens with two attached hydrogens (primary N) is 1. The van der Waals surface area contributed by atoms with Crippen LogP contribution in [0.2, 0.25) is 0 Å². The molecule has 1 rings (SSSR count). The molecule has 23 heavy (non-hydrogen) atoms. The number of hydrogen-bond acceptors (Lipinski definition) is 4. The molecule has 0 aliphatic carbocycles. The van der Waals surface area contributed by atoms with E-state index >= 15 is 0 Å². The molecule has 5 heteroatoms. The van der Waals surface area contributed by atoms with Crippen LogP contribution in [-0.4, -0.2) is 36.8 Å². The van der Waals surface area contributed by atoms with Crippen molar-refractivity contribution in [3.05, 3.63) is 35.9 Å². The quantitative estimate of drug-likeness (QED) is 0.369. The molecule has 0 aromatic heterocycles. The summed E-state index contributed by atoms with van der Waals surface area (Å²) < 4.78 is 0. The highest BCUT2D eigenvalue weighted by Crippen LogP contribution is 2.08. The minimum Gasteiger partial charge on any atom is -0.355 e. The first-order valence-corrected chi connectivity index (χ1v) is 9.13. The van der Waals surface area contributed by atoms with Crippen molar-refractivity contribution in [1.82, 2.24) is 10.6 Å². The summed E-state index contributed by atoms with van der Waals surface area (Å²) >= 11 is 4.18. The topological polar surface area (TPSA) is 67.1 Å². The molecule has 130 valence electrons. The first kappa shape index (κ1) is 20.0. The normalized spacial score (nSPS) is 15.0. The Bertz CT molecular complexity index is 441. The van der Waals surface area contributed by atoms with Crippen molar-refractivity contribution in [1.29, 1.82) is 0 Å². The van der Waals surface area contributed by atoms with Gasteiger partial charge < -0.3 is 16.4 Å². The molecule has 0 bridgehead atoms. The highest BCUT2D eigenvalue weighted by atomic mass is 32.1. The van der Waals surface area contributed by atoms with Gasteiger partial charge in [-0.2, -0.15) is 12.6 Å². The first-order valence-electron chi connectivity index (χ1n) is 8.49. The summed E-state index contributed by atoms with van der Waals surface area (Å²) in [6.45, 7) is 5.49. The van der Waals surface area contributed by atoms with Gasteiger partial charge in [-0.1, -0.05) is 50.6 Å². The van der Waals surface area contributed by atoms with Gasteiger partial charge in [0.1, 0.15) is 0 Å². The molecular weight excluding hydrogens is 306 g/mol. The summed E-state index contributed by atoms with van der Waals surface area (Å²) in [6.07, 6.45) is 2.87. The fourth-order valence-corrected chi connectivity index (χ4v) is 2.52. The molecule has 0 saturated carbocycles. The number of carbonyl (C=O) groups is 1. The maximum absolute atomic E-state index is 12.4.